The first-order chi connectivity index (χ1) is 11.5. The van der Waals surface area contributed by atoms with E-state index in [1.165, 1.54) is 28.8 Å². The number of aromatic nitrogens is 3. The van der Waals surface area contributed by atoms with Crippen molar-refractivity contribution in [2.75, 3.05) is 11.1 Å². The summed E-state index contributed by atoms with van der Waals surface area (Å²) >= 11 is 0. The lowest BCUT2D eigenvalue weighted by Crippen LogP contribution is -2.19. The summed E-state index contributed by atoms with van der Waals surface area (Å²) in [5, 5.41) is 9.71. The van der Waals surface area contributed by atoms with E-state index in [2.05, 4.69) is 15.5 Å². The van der Waals surface area contributed by atoms with Crippen LogP contribution in [0.25, 0.3) is 5.65 Å². The minimum Gasteiger partial charge on any atom is -0.326 e. The van der Waals surface area contributed by atoms with Gasteiger partial charge in [0.05, 0.1) is 5.75 Å². The van der Waals surface area contributed by atoms with Crippen molar-refractivity contribution in [3.63, 3.8) is 0 Å². The SMILES string of the molecule is O=C(CCS(=O)(=O)c1nnc2ccccn12)Nc1cccc(F)c1. The maximum Gasteiger partial charge on any atom is 0.254 e. The predicted molar refractivity (Wildman–Crippen MR) is 84.7 cm³/mol. The Bertz CT molecular complexity index is 1000. The maximum atomic E-state index is 13.1. The first-order valence-electron chi connectivity index (χ1n) is 7.04. The number of hydrogen-bond acceptors (Lipinski definition) is 5. The van der Waals surface area contributed by atoms with Crippen LogP contribution in [0.4, 0.5) is 10.1 Å². The smallest absolute Gasteiger partial charge is 0.254 e. The highest BCUT2D eigenvalue weighted by atomic mass is 32.2. The molecule has 7 nitrogen and oxygen atoms in total. The molecule has 0 atom stereocenters. The second-order valence-electron chi connectivity index (χ2n) is 5.04. The Morgan fingerprint density at radius 1 is 1.17 bits per heavy atom. The number of hydrogen-bond donors (Lipinski definition) is 1. The average molecular weight is 348 g/mol. The molecule has 9 heteroatoms. The number of carbonyl (C=O) groups is 1. The van der Waals surface area contributed by atoms with Gasteiger partial charge in [-0.1, -0.05) is 12.1 Å². The van der Waals surface area contributed by atoms with Crippen molar-refractivity contribution in [1.82, 2.24) is 14.6 Å². The van der Waals surface area contributed by atoms with E-state index in [4.69, 9.17) is 0 Å². The molecular formula is C15H13FN4O3S. The fraction of sp³-hybridized carbons (Fsp3) is 0.133. The highest BCUT2D eigenvalue weighted by molar-refractivity contribution is 7.91. The fourth-order valence-electron chi connectivity index (χ4n) is 2.14. The van der Waals surface area contributed by atoms with Crippen molar-refractivity contribution < 1.29 is 17.6 Å². The fourth-order valence-corrected chi connectivity index (χ4v) is 3.40. The van der Waals surface area contributed by atoms with Crippen LogP contribution in [0.15, 0.2) is 53.8 Å². The number of halogens is 1. The summed E-state index contributed by atoms with van der Waals surface area (Å²) in [4.78, 5) is 11.9. The number of anilines is 1. The molecule has 0 aliphatic carbocycles. The molecule has 2 aromatic heterocycles. The molecule has 0 aliphatic heterocycles. The molecule has 2 heterocycles. The third-order valence-corrected chi connectivity index (χ3v) is 4.84. The second kappa shape index (κ2) is 6.36. The van der Waals surface area contributed by atoms with E-state index in [9.17, 15) is 17.6 Å². The molecule has 124 valence electrons. The van der Waals surface area contributed by atoms with Gasteiger partial charge >= 0.3 is 0 Å². The van der Waals surface area contributed by atoms with E-state index < -0.39 is 27.3 Å². The predicted octanol–water partition coefficient (Wildman–Crippen LogP) is 1.67. The van der Waals surface area contributed by atoms with Gasteiger partial charge in [0, 0.05) is 18.3 Å². The highest BCUT2D eigenvalue weighted by Crippen LogP contribution is 2.13. The third kappa shape index (κ3) is 3.40. The highest BCUT2D eigenvalue weighted by Gasteiger charge is 2.22. The number of benzene rings is 1. The summed E-state index contributed by atoms with van der Waals surface area (Å²) in [5.41, 5.74) is 0.672. The normalized spacial score (nSPS) is 11.5. The van der Waals surface area contributed by atoms with Gasteiger partial charge in [-0.2, -0.15) is 0 Å². The molecule has 24 heavy (non-hydrogen) atoms. The van der Waals surface area contributed by atoms with Crippen molar-refractivity contribution in [2.45, 2.75) is 11.6 Å². The standard InChI is InChI=1S/C15H13FN4O3S/c16-11-4-3-5-12(10-11)17-14(21)7-9-24(22,23)15-19-18-13-6-1-2-8-20(13)15/h1-6,8,10H,7,9H2,(H,17,21). The molecule has 0 saturated carbocycles. The van der Waals surface area contributed by atoms with Gasteiger partial charge in [0.2, 0.25) is 15.7 Å². The lowest BCUT2D eigenvalue weighted by Gasteiger charge is -2.05. The minimum absolute atomic E-state index is 0.211. The van der Waals surface area contributed by atoms with Crippen LogP contribution in [0.3, 0.4) is 0 Å². The summed E-state index contributed by atoms with van der Waals surface area (Å²) in [6.45, 7) is 0. The van der Waals surface area contributed by atoms with Crippen LogP contribution in [-0.2, 0) is 14.6 Å². The Morgan fingerprint density at radius 2 is 2.00 bits per heavy atom. The monoisotopic (exact) mass is 348 g/mol. The number of fused-ring (bicyclic) bond motifs is 1. The van der Waals surface area contributed by atoms with Crippen LogP contribution in [0.1, 0.15) is 6.42 Å². The lowest BCUT2D eigenvalue weighted by atomic mass is 10.3. The molecule has 0 aliphatic rings. The van der Waals surface area contributed by atoms with E-state index >= 15 is 0 Å². The number of rotatable bonds is 5. The number of pyridine rings is 1. The Kier molecular flexibility index (Phi) is 4.26. The van der Waals surface area contributed by atoms with E-state index in [1.54, 1.807) is 18.2 Å². The Hall–Kier alpha value is -2.81. The zero-order valence-electron chi connectivity index (χ0n) is 12.4. The topological polar surface area (TPSA) is 93.4 Å². The molecule has 0 saturated heterocycles. The summed E-state index contributed by atoms with van der Waals surface area (Å²) in [7, 11) is -3.78. The number of nitrogens with zero attached hydrogens (tertiary/aromatic N) is 3. The largest absolute Gasteiger partial charge is 0.326 e. The van der Waals surface area contributed by atoms with Gasteiger partial charge in [-0.3, -0.25) is 9.20 Å². The van der Waals surface area contributed by atoms with Crippen LogP contribution < -0.4 is 5.32 Å². The van der Waals surface area contributed by atoms with E-state index in [0.29, 0.717) is 5.65 Å². The zero-order valence-corrected chi connectivity index (χ0v) is 13.2. The quantitative estimate of drug-likeness (QED) is 0.757. The summed E-state index contributed by atoms with van der Waals surface area (Å²) < 4.78 is 39.1. The average Bonchev–Trinajstić information content (AvgIpc) is 2.98. The number of carbonyl (C=O) groups excluding carboxylic acids is 1. The second-order valence-corrected chi connectivity index (χ2v) is 7.04. The van der Waals surface area contributed by atoms with Gasteiger partial charge in [-0.15, -0.1) is 10.2 Å². The van der Waals surface area contributed by atoms with Crippen LogP contribution in [0.5, 0.6) is 0 Å². The zero-order chi connectivity index (χ0) is 17.2. The summed E-state index contributed by atoms with van der Waals surface area (Å²) in [5.74, 6) is -1.45. The number of sulfone groups is 1. The first-order valence-corrected chi connectivity index (χ1v) is 8.69. The van der Waals surface area contributed by atoms with Crippen LogP contribution in [0.2, 0.25) is 0 Å². The van der Waals surface area contributed by atoms with Gasteiger partial charge in [-0.25, -0.2) is 12.8 Å². The van der Waals surface area contributed by atoms with Crippen LogP contribution in [-0.4, -0.2) is 34.7 Å². The van der Waals surface area contributed by atoms with Gasteiger partial charge < -0.3 is 5.32 Å². The molecule has 0 spiro atoms. The Labute approximate surface area is 137 Å². The van der Waals surface area contributed by atoms with E-state index in [0.717, 1.165) is 6.07 Å². The maximum absolute atomic E-state index is 13.1. The van der Waals surface area contributed by atoms with Gasteiger partial charge in [0.15, 0.2) is 5.65 Å². The van der Waals surface area contributed by atoms with E-state index in [1.807, 2.05) is 0 Å². The Morgan fingerprint density at radius 3 is 2.79 bits per heavy atom. The van der Waals surface area contributed by atoms with Crippen molar-refractivity contribution in [3.8, 4) is 0 Å². The minimum atomic E-state index is -3.78. The van der Waals surface area contributed by atoms with Gasteiger partial charge in [-0.05, 0) is 30.3 Å². The molecule has 0 radical (unpaired) electrons. The van der Waals surface area contributed by atoms with Crippen LogP contribution in [0, 0.1) is 5.82 Å². The molecule has 1 amide bonds. The van der Waals surface area contributed by atoms with Crippen molar-refractivity contribution in [1.29, 1.82) is 0 Å². The molecule has 0 bridgehead atoms. The van der Waals surface area contributed by atoms with Crippen molar-refractivity contribution in [2.24, 2.45) is 0 Å². The summed E-state index contributed by atoms with van der Waals surface area (Å²) in [6, 6.07) is 10.4. The number of amides is 1. The molecule has 0 unspecified atom stereocenters. The molecule has 1 N–H and O–H groups in total. The van der Waals surface area contributed by atoms with Crippen molar-refractivity contribution >= 4 is 27.1 Å². The van der Waals surface area contributed by atoms with E-state index in [-0.39, 0.29) is 17.3 Å². The summed E-state index contributed by atoms with van der Waals surface area (Å²) in [6.07, 6.45) is 1.26. The number of nitrogens with one attached hydrogen (secondary N) is 1. The Balaban J connectivity index is 1.70. The molecule has 3 rings (SSSR count). The lowest BCUT2D eigenvalue weighted by molar-refractivity contribution is -0.115. The molecule has 1 aromatic carbocycles. The van der Waals surface area contributed by atoms with Crippen LogP contribution >= 0.6 is 0 Å². The molecule has 0 fully saturated rings. The first kappa shape index (κ1) is 16.1. The third-order valence-electron chi connectivity index (χ3n) is 3.27. The molecular weight excluding hydrogens is 335 g/mol. The van der Waals surface area contributed by atoms with Gasteiger partial charge in [0.25, 0.3) is 5.16 Å². The molecule has 3 aromatic rings. The van der Waals surface area contributed by atoms with Crippen molar-refractivity contribution in [3.05, 3.63) is 54.5 Å². The van der Waals surface area contributed by atoms with Gasteiger partial charge in [0.1, 0.15) is 5.82 Å².